The number of amides is 2. The number of rotatable bonds is 10. The van der Waals surface area contributed by atoms with Crippen LogP contribution in [0.2, 0.25) is 0 Å². The molecule has 2 saturated heterocycles. The van der Waals surface area contributed by atoms with Gasteiger partial charge in [0.25, 0.3) is 0 Å². The molecule has 3 heterocycles. The molecule has 2 aliphatic heterocycles. The highest BCUT2D eigenvalue weighted by atomic mass is 16.5. The number of hydrogen-bond acceptors (Lipinski definition) is 5. The molecule has 1 atom stereocenters. The number of aromatic amines is 1. The topological polar surface area (TPSA) is 90.6 Å². The third kappa shape index (κ3) is 6.54. The Balaban J connectivity index is 1.12. The van der Waals surface area contributed by atoms with Crippen molar-refractivity contribution in [1.29, 1.82) is 0 Å². The Labute approximate surface area is 178 Å². The zero-order chi connectivity index (χ0) is 20.8. The van der Waals surface area contributed by atoms with E-state index in [0.29, 0.717) is 25.4 Å². The standard InChI is InChI=1S/C22H35N5O3/c28-21(3-1-2-19-10-24-25-11-19)23-12-20-15-27(22(29)16-30-20)14-18-6-8-26(9-7-18)13-17-4-5-17/h10-11,17-18,20H,1-9,12-16H2,(H,23,28)(H,24,25). The van der Waals surface area contributed by atoms with E-state index in [1.165, 1.54) is 32.2 Å². The van der Waals surface area contributed by atoms with Gasteiger partial charge in [-0.15, -0.1) is 0 Å². The number of nitrogens with zero attached hydrogens (tertiary/aromatic N) is 3. The summed E-state index contributed by atoms with van der Waals surface area (Å²) in [6.45, 7) is 5.60. The average molecular weight is 418 g/mol. The lowest BCUT2D eigenvalue weighted by molar-refractivity contribution is -0.150. The molecule has 1 saturated carbocycles. The first-order valence-corrected chi connectivity index (χ1v) is 11.5. The summed E-state index contributed by atoms with van der Waals surface area (Å²) in [7, 11) is 0. The molecule has 3 fully saturated rings. The fourth-order valence-corrected chi connectivity index (χ4v) is 4.49. The third-order valence-electron chi connectivity index (χ3n) is 6.57. The molecule has 2 N–H and O–H groups in total. The Morgan fingerprint density at radius 3 is 2.73 bits per heavy atom. The van der Waals surface area contributed by atoms with Gasteiger partial charge in [0.05, 0.1) is 12.3 Å². The number of morpholine rings is 1. The lowest BCUT2D eigenvalue weighted by Gasteiger charge is -2.38. The van der Waals surface area contributed by atoms with Crippen LogP contribution in [0.4, 0.5) is 0 Å². The molecule has 1 aromatic heterocycles. The van der Waals surface area contributed by atoms with Crippen LogP contribution in [0.15, 0.2) is 12.4 Å². The van der Waals surface area contributed by atoms with Crippen LogP contribution in [-0.4, -0.2) is 83.8 Å². The summed E-state index contributed by atoms with van der Waals surface area (Å²) in [6, 6.07) is 0. The zero-order valence-corrected chi connectivity index (χ0v) is 17.9. The lowest BCUT2D eigenvalue weighted by atomic mass is 9.95. The van der Waals surface area contributed by atoms with Crippen molar-refractivity contribution in [2.24, 2.45) is 11.8 Å². The van der Waals surface area contributed by atoms with E-state index in [1.54, 1.807) is 6.20 Å². The van der Waals surface area contributed by atoms with E-state index in [4.69, 9.17) is 4.74 Å². The molecule has 30 heavy (non-hydrogen) atoms. The van der Waals surface area contributed by atoms with Crippen LogP contribution in [0.5, 0.6) is 0 Å². The fraction of sp³-hybridized carbons (Fsp3) is 0.773. The largest absolute Gasteiger partial charge is 0.365 e. The highest BCUT2D eigenvalue weighted by Crippen LogP contribution is 2.31. The highest BCUT2D eigenvalue weighted by Gasteiger charge is 2.31. The molecule has 0 bridgehead atoms. The Bertz CT molecular complexity index is 683. The number of piperidine rings is 1. The molecule has 1 aliphatic carbocycles. The molecule has 3 aliphatic rings. The number of carbonyl (C=O) groups excluding carboxylic acids is 2. The third-order valence-corrected chi connectivity index (χ3v) is 6.57. The Morgan fingerprint density at radius 2 is 2.00 bits per heavy atom. The maximum Gasteiger partial charge on any atom is 0.248 e. The van der Waals surface area contributed by atoms with Crippen molar-refractivity contribution in [3.63, 3.8) is 0 Å². The van der Waals surface area contributed by atoms with Gasteiger partial charge in [-0.05, 0) is 69.0 Å². The average Bonchev–Trinajstić information content (AvgIpc) is 3.41. The Kier molecular flexibility index (Phi) is 7.38. The number of nitrogens with one attached hydrogen (secondary N) is 2. The van der Waals surface area contributed by atoms with Gasteiger partial charge >= 0.3 is 0 Å². The fourth-order valence-electron chi connectivity index (χ4n) is 4.49. The van der Waals surface area contributed by atoms with Crippen LogP contribution < -0.4 is 5.32 Å². The molecule has 1 aromatic rings. The van der Waals surface area contributed by atoms with E-state index in [9.17, 15) is 9.59 Å². The van der Waals surface area contributed by atoms with Gasteiger partial charge in [-0.1, -0.05) is 0 Å². The van der Waals surface area contributed by atoms with Gasteiger partial charge in [-0.25, -0.2) is 0 Å². The van der Waals surface area contributed by atoms with E-state index in [2.05, 4.69) is 20.4 Å². The molecule has 8 heteroatoms. The summed E-state index contributed by atoms with van der Waals surface area (Å²) in [5.74, 6) is 1.65. The van der Waals surface area contributed by atoms with E-state index >= 15 is 0 Å². The van der Waals surface area contributed by atoms with Crippen molar-refractivity contribution in [3.05, 3.63) is 18.0 Å². The van der Waals surface area contributed by atoms with Gasteiger partial charge in [0, 0.05) is 38.8 Å². The number of ether oxygens (including phenoxy) is 1. The smallest absolute Gasteiger partial charge is 0.248 e. The summed E-state index contributed by atoms with van der Waals surface area (Å²) in [5.41, 5.74) is 1.12. The normalized spacial score (nSPS) is 23.7. The van der Waals surface area contributed by atoms with Crippen molar-refractivity contribution >= 4 is 11.8 Å². The van der Waals surface area contributed by atoms with Gasteiger partial charge in [0.15, 0.2) is 0 Å². The maximum absolute atomic E-state index is 12.3. The number of hydrogen-bond donors (Lipinski definition) is 2. The van der Waals surface area contributed by atoms with E-state index in [-0.39, 0.29) is 24.5 Å². The van der Waals surface area contributed by atoms with Gasteiger partial charge < -0.3 is 19.9 Å². The quantitative estimate of drug-likeness (QED) is 0.597. The summed E-state index contributed by atoms with van der Waals surface area (Å²) in [4.78, 5) is 29.0. The predicted molar refractivity (Wildman–Crippen MR) is 113 cm³/mol. The first kappa shape index (κ1) is 21.3. The summed E-state index contributed by atoms with van der Waals surface area (Å²) in [5, 5.41) is 9.67. The minimum atomic E-state index is -0.115. The highest BCUT2D eigenvalue weighted by molar-refractivity contribution is 5.78. The zero-order valence-electron chi connectivity index (χ0n) is 17.9. The van der Waals surface area contributed by atoms with Crippen LogP contribution in [0.25, 0.3) is 0 Å². The van der Waals surface area contributed by atoms with Crippen molar-refractivity contribution in [1.82, 2.24) is 25.3 Å². The van der Waals surface area contributed by atoms with Crippen LogP contribution in [0, 0.1) is 11.8 Å². The van der Waals surface area contributed by atoms with Crippen molar-refractivity contribution in [2.45, 2.75) is 51.0 Å². The number of aryl methyl sites for hydroxylation is 1. The molecule has 4 rings (SSSR count). The number of likely N-dealkylation sites (tertiary alicyclic amines) is 1. The van der Waals surface area contributed by atoms with Crippen LogP contribution in [0.1, 0.15) is 44.1 Å². The van der Waals surface area contributed by atoms with Gasteiger partial charge in [-0.3, -0.25) is 14.7 Å². The number of aromatic nitrogens is 2. The second kappa shape index (κ2) is 10.4. The van der Waals surface area contributed by atoms with Crippen LogP contribution in [0.3, 0.4) is 0 Å². The first-order chi connectivity index (χ1) is 14.7. The second-order valence-electron chi connectivity index (χ2n) is 9.18. The van der Waals surface area contributed by atoms with Gasteiger partial charge in [0.2, 0.25) is 11.8 Å². The van der Waals surface area contributed by atoms with E-state index in [0.717, 1.165) is 44.0 Å². The van der Waals surface area contributed by atoms with Crippen LogP contribution in [-0.2, 0) is 20.7 Å². The predicted octanol–water partition coefficient (Wildman–Crippen LogP) is 1.20. The summed E-state index contributed by atoms with van der Waals surface area (Å²) in [6.07, 6.45) is 10.8. The molecule has 0 spiro atoms. The molecule has 0 aromatic carbocycles. The first-order valence-electron chi connectivity index (χ1n) is 11.5. The molecular weight excluding hydrogens is 382 g/mol. The van der Waals surface area contributed by atoms with Crippen LogP contribution >= 0.6 is 0 Å². The minimum Gasteiger partial charge on any atom is -0.365 e. The number of H-pyrrole nitrogens is 1. The van der Waals surface area contributed by atoms with Crippen molar-refractivity contribution < 1.29 is 14.3 Å². The molecule has 1 unspecified atom stereocenters. The molecule has 0 radical (unpaired) electrons. The Hall–Kier alpha value is -1.93. The monoisotopic (exact) mass is 417 g/mol. The summed E-state index contributed by atoms with van der Waals surface area (Å²) >= 11 is 0. The summed E-state index contributed by atoms with van der Waals surface area (Å²) < 4.78 is 5.66. The second-order valence-corrected chi connectivity index (χ2v) is 9.18. The van der Waals surface area contributed by atoms with Crippen molar-refractivity contribution in [2.75, 3.05) is 45.9 Å². The molecule has 8 nitrogen and oxygen atoms in total. The van der Waals surface area contributed by atoms with Gasteiger partial charge in [0.1, 0.15) is 6.61 Å². The lowest BCUT2D eigenvalue weighted by Crippen LogP contribution is -2.52. The molecular formula is C22H35N5O3. The molecule has 166 valence electrons. The van der Waals surface area contributed by atoms with E-state index < -0.39 is 0 Å². The van der Waals surface area contributed by atoms with Gasteiger partial charge in [-0.2, -0.15) is 5.10 Å². The minimum absolute atomic E-state index is 0.0357. The molecule has 2 amide bonds. The van der Waals surface area contributed by atoms with E-state index in [1.807, 2.05) is 11.1 Å². The Morgan fingerprint density at radius 1 is 1.20 bits per heavy atom. The number of carbonyl (C=O) groups is 2. The SMILES string of the molecule is O=C(CCCc1cn[nH]c1)NCC1CN(CC2CCN(CC3CC3)CC2)C(=O)CO1. The van der Waals surface area contributed by atoms with Crippen molar-refractivity contribution in [3.8, 4) is 0 Å². The maximum atomic E-state index is 12.3.